The molecule has 192 valence electrons. The standard InChI is InChI=1S/C25H24Cl2N6O2S2/c1-25(2,3)16-6-4-15(5-7-16)22(35)29-13-20-31-32-24(33(20)17-8-9-18(26)19(27)12-17)37-14-21(34)30-23-28-10-11-36-23/h4-12H,13-14H2,1-3H3,(H,29,35)(H,28,30,34). The minimum absolute atomic E-state index is 0.00344. The summed E-state index contributed by atoms with van der Waals surface area (Å²) in [4.78, 5) is 29.3. The number of aromatic nitrogens is 4. The molecule has 0 spiro atoms. The molecule has 0 bridgehead atoms. The van der Waals surface area contributed by atoms with Gasteiger partial charge in [0.25, 0.3) is 5.91 Å². The molecular weight excluding hydrogens is 551 g/mol. The third-order valence-corrected chi connectivity index (χ3v) is 7.65. The molecule has 2 amide bonds. The Kier molecular flexibility index (Phi) is 8.53. The van der Waals surface area contributed by atoms with Gasteiger partial charge in [0.05, 0.1) is 28.0 Å². The number of hydrogen-bond acceptors (Lipinski definition) is 7. The van der Waals surface area contributed by atoms with Crippen molar-refractivity contribution in [2.45, 2.75) is 37.9 Å². The van der Waals surface area contributed by atoms with Crippen LogP contribution in [0.1, 0.15) is 42.5 Å². The van der Waals surface area contributed by atoms with E-state index in [0.29, 0.717) is 37.4 Å². The van der Waals surface area contributed by atoms with Crippen LogP contribution in [0.5, 0.6) is 0 Å². The number of thiazole rings is 1. The fraction of sp³-hybridized carbons (Fsp3) is 0.240. The lowest BCUT2D eigenvalue weighted by Gasteiger charge is -2.19. The van der Waals surface area contributed by atoms with Gasteiger partial charge >= 0.3 is 0 Å². The summed E-state index contributed by atoms with van der Waals surface area (Å²) in [5.41, 5.74) is 2.34. The van der Waals surface area contributed by atoms with Gasteiger partial charge in [0.1, 0.15) is 0 Å². The van der Waals surface area contributed by atoms with Crippen LogP contribution < -0.4 is 10.6 Å². The fourth-order valence-electron chi connectivity index (χ4n) is 3.35. The number of thioether (sulfide) groups is 1. The molecule has 2 heterocycles. The maximum atomic E-state index is 12.8. The number of nitrogens with one attached hydrogen (secondary N) is 2. The van der Waals surface area contributed by atoms with Gasteiger partial charge in [-0.15, -0.1) is 21.5 Å². The third kappa shape index (κ3) is 6.89. The molecule has 0 radical (unpaired) electrons. The summed E-state index contributed by atoms with van der Waals surface area (Å²) in [7, 11) is 0. The Labute approximate surface area is 232 Å². The number of hydrogen-bond donors (Lipinski definition) is 2. The lowest BCUT2D eigenvalue weighted by atomic mass is 9.87. The van der Waals surface area contributed by atoms with Crippen LogP contribution in [0.15, 0.2) is 59.2 Å². The smallest absolute Gasteiger partial charge is 0.251 e. The molecule has 37 heavy (non-hydrogen) atoms. The molecule has 2 aromatic heterocycles. The van der Waals surface area contributed by atoms with Crippen LogP contribution in [0.2, 0.25) is 10.0 Å². The summed E-state index contributed by atoms with van der Waals surface area (Å²) in [5, 5.41) is 17.7. The Morgan fingerprint density at radius 2 is 1.81 bits per heavy atom. The van der Waals surface area contributed by atoms with Crippen LogP contribution in [-0.4, -0.2) is 37.3 Å². The molecule has 8 nitrogen and oxygen atoms in total. The summed E-state index contributed by atoms with van der Waals surface area (Å²) < 4.78 is 1.74. The van der Waals surface area contributed by atoms with Gasteiger partial charge in [0, 0.05) is 17.1 Å². The van der Waals surface area contributed by atoms with E-state index < -0.39 is 0 Å². The molecule has 0 aliphatic carbocycles. The molecule has 2 aromatic carbocycles. The predicted molar refractivity (Wildman–Crippen MR) is 149 cm³/mol. The highest BCUT2D eigenvalue weighted by Gasteiger charge is 2.19. The van der Waals surface area contributed by atoms with E-state index in [1.165, 1.54) is 23.1 Å². The van der Waals surface area contributed by atoms with Gasteiger partial charge in [-0.2, -0.15) is 0 Å². The van der Waals surface area contributed by atoms with Gasteiger partial charge < -0.3 is 10.6 Å². The Hall–Kier alpha value is -2.92. The van der Waals surface area contributed by atoms with E-state index >= 15 is 0 Å². The first-order valence-corrected chi connectivity index (χ1v) is 13.8. The summed E-state index contributed by atoms with van der Waals surface area (Å²) in [6.07, 6.45) is 1.62. The van der Waals surface area contributed by atoms with E-state index in [-0.39, 0.29) is 29.5 Å². The number of nitrogens with zero attached hydrogens (tertiary/aromatic N) is 4. The van der Waals surface area contributed by atoms with E-state index in [4.69, 9.17) is 23.2 Å². The Balaban J connectivity index is 1.52. The van der Waals surface area contributed by atoms with Gasteiger partial charge in [-0.05, 0) is 41.3 Å². The number of anilines is 1. The van der Waals surface area contributed by atoms with Crippen LogP contribution in [0.3, 0.4) is 0 Å². The third-order valence-electron chi connectivity index (χ3n) is 5.29. The first-order chi connectivity index (χ1) is 17.6. The quantitative estimate of drug-likeness (QED) is 0.251. The average Bonchev–Trinajstić information content (AvgIpc) is 3.52. The normalized spacial score (nSPS) is 11.4. The van der Waals surface area contributed by atoms with Gasteiger partial charge in [-0.25, -0.2) is 4.98 Å². The van der Waals surface area contributed by atoms with Crippen molar-refractivity contribution in [2.24, 2.45) is 0 Å². The highest BCUT2D eigenvalue weighted by atomic mass is 35.5. The Bertz CT molecular complexity index is 1400. The molecule has 0 aliphatic heterocycles. The second kappa shape index (κ2) is 11.6. The van der Waals surface area contributed by atoms with Gasteiger partial charge in [-0.3, -0.25) is 14.2 Å². The highest BCUT2D eigenvalue weighted by molar-refractivity contribution is 7.99. The second-order valence-corrected chi connectivity index (χ2v) is 11.7. The molecule has 12 heteroatoms. The molecule has 4 aromatic rings. The number of rotatable bonds is 8. The first-order valence-electron chi connectivity index (χ1n) is 11.2. The molecule has 0 aliphatic rings. The largest absolute Gasteiger partial charge is 0.345 e. The first kappa shape index (κ1) is 27.1. The number of carbonyl (C=O) groups excluding carboxylic acids is 2. The van der Waals surface area contributed by atoms with Gasteiger partial charge in [0.15, 0.2) is 16.1 Å². The Morgan fingerprint density at radius 3 is 2.46 bits per heavy atom. The van der Waals surface area contributed by atoms with Crippen molar-refractivity contribution in [2.75, 3.05) is 11.1 Å². The van der Waals surface area contributed by atoms with Crippen LogP contribution in [0, 0.1) is 0 Å². The molecule has 2 N–H and O–H groups in total. The zero-order chi connectivity index (χ0) is 26.6. The predicted octanol–water partition coefficient (Wildman–Crippen LogP) is 5.99. The highest BCUT2D eigenvalue weighted by Crippen LogP contribution is 2.28. The van der Waals surface area contributed by atoms with E-state index in [1.807, 2.05) is 24.3 Å². The molecular formula is C25H24Cl2N6O2S2. The minimum atomic E-state index is -0.235. The molecule has 0 saturated carbocycles. The zero-order valence-corrected chi connectivity index (χ0v) is 23.4. The van der Waals surface area contributed by atoms with Crippen molar-refractivity contribution in [1.82, 2.24) is 25.1 Å². The van der Waals surface area contributed by atoms with Gasteiger partial charge in [0.2, 0.25) is 5.91 Å². The van der Waals surface area contributed by atoms with E-state index in [2.05, 4.69) is 46.6 Å². The maximum absolute atomic E-state index is 12.8. The van der Waals surface area contributed by atoms with E-state index in [9.17, 15) is 9.59 Å². The van der Waals surface area contributed by atoms with Crippen molar-refractivity contribution < 1.29 is 9.59 Å². The van der Waals surface area contributed by atoms with E-state index in [1.54, 1.807) is 34.3 Å². The van der Waals surface area contributed by atoms with Crippen molar-refractivity contribution >= 4 is 63.2 Å². The SMILES string of the molecule is CC(C)(C)c1ccc(C(=O)NCc2nnc(SCC(=O)Nc3nccs3)n2-c2ccc(Cl)c(Cl)c2)cc1. The van der Waals surface area contributed by atoms with Crippen molar-refractivity contribution in [3.05, 3.63) is 81.0 Å². The number of halogens is 2. The zero-order valence-electron chi connectivity index (χ0n) is 20.3. The van der Waals surface area contributed by atoms with Crippen LogP contribution in [0.25, 0.3) is 5.69 Å². The lowest BCUT2D eigenvalue weighted by molar-refractivity contribution is -0.113. The number of benzene rings is 2. The topological polar surface area (TPSA) is 102 Å². The minimum Gasteiger partial charge on any atom is -0.345 e. The summed E-state index contributed by atoms with van der Waals surface area (Å²) in [5.74, 6) is 0.102. The summed E-state index contributed by atoms with van der Waals surface area (Å²) >= 11 is 14.9. The number of carbonyl (C=O) groups is 2. The maximum Gasteiger partial charge on any atom is 0.251 e. The van der Waals surface area contributed by atoms with Gasteiger partial charge in [-0.1, -0.05) is 67.9 Å². The summed E-state index contributed by atoms with van der Waals surface area (Å²) in [6, 6.07) is 12.7. The average molecular weight is 576 g/mol. The van der Waals surface area contributed by atoms with Crippen LogP contribution in [0.4, 0.5) is 5.13 Å². The van der Waals surface area contributed by atoms with Crippen LogP contribution >= 0.6 is 46.3 Å². The molecule has 0 atom stereocenters. The van der Waals surface area contributed by atoms with Crippen molar-refractivity contribution in [1.29, 1.82) is 0 Å². The molecule has 0 fully saturated rings. The van der Waals surface area contributed by atoms with Crippen molar-refractivity contribution in [3.63, 3.8) is 0 Å². The number of amides is 2. The Morgan fingerprint density at radius 1 is 1.05 bits per heavy atom. The van der Waals surface area contributed by atoms with Crippen LogP contribution in [-0.2, 0) is 16.8 Å². The van der Waals surface area contributed by atoms with E-state index in [0.717, 1.165) is 5.56 Å². The molecule has 4 rings (SSSR count). The lowest BCUT2D eigenvalue weighted by Crippen LogP contribution is -2.25. The fourth-order valence-corrected chi connectivity index (χ4v) is 4.95. The summed E-state index contributed by atoms with van der Waals surface area (Å²) in [6.45, 7) is 6.47. The molecule has 0 unspecified atom stereocenters. The van der Waals surface area contributed by atoms with Crippen molar-refractivity contribution in [3.8, 4) is 5.69 Å². The second-order valence-electron chi connectivity index (χ2n) is 9.02. The molecule has 0 saturated heterocycles. The monoisotopic (exact) mass is 574 g/mol.